The molecule has 0 unspecified atom stereocenters. The summed E-state index contributed by atoms with van der Waals surface area (Å²) in [5.74, 6) is 0.289. The highest BCUT2D eigenvalue weighted by molar-refractivity contribution is 6.31. The summed E-state index contributed by atoms with van der Waals surface area (Å²) in [4.78, 5) is 0. The average molecular weight is 328 g/mol. The normalized spacial score (nSPS) is 10.7. The monoisotopic (exact) mass is 327 g/mol. The molecule has 0 aliphatic heterocycles. The fourth-order valence-electron chi connectivity index (χ4n) is 1.88. The largest absolute Gasteiger partial charge is 0.489 e. The number of hydrogen-bond acceptors (Lipinski definition) is 2. The third kappa shape index (κ3) is 4.60. The van der Waals surface area contributed by atoms with Crippen LogP contribution in [0.1, 0.15) is 18.1 Å². The molecule has 0 amide bonds. The molecule has 0 radical (unpaired) electrons. The second-order valence-electron chi connectivity index (χ2n) is 4.57. The fraction of sp³-hybridized carbons (Fsp3) is 0.250. The zero-order chi connectivity index (χ0) is 15.2. The lowest BCUT2D eigenvalue weighted by Gasteiger charge is -2.12. The maximum absolute atomic E-state index is 13.4. The van der Waals surface area contributed by atoms with E-state index in [2.05, 4.69) is 5.32 Å². The first-order valence-electron chi connectivity index (χ1n) is 6.66. The van der Waals surface area contributed by atoms with Gasteiger partial charge >= 0.3 is 0 Å². The van der Waals surface area contributed by atoms with Crippen LogP contribution < -0.4 is 10.1 Å². The van der Waals surface area contributed by atoms with Crippen molar-refractivity contribution in [3.05, 3.63) is 63.4 Å². The molecule has 0 aromatic heterocycles. The van der Waals surface area contributed by atoms with E-state index in [0.717, 1.165) is 23.4 Å². The minimum absolute atomic E-state index is 0.109. The summed E-state index contributed by atoms with van der Waals surface area (Å²) in [6.45, 7) is 3.83. The maximum atomic E-state index is 13.4. The molecule has 0 heterocycles. The van der Waals surface area contributed by atoms with Crippen molar-refractivity contribution in [2.45, 2.75) is 20.1 Å². The van der Waals surface area contributed by atoms with Crippen LogP contribution in [0.15, 0.2) is 36.4 Å². The summed E-state index contributed by atoms with van der Waals surface area (Å²) in [6.07, 6.45) is 0. The molecule has 0 atom stereocenters. The maximum Gasteiger partial charge on any atom is 0.142 e. The number of nitrogens with one attached hydrogen (secondary N) is 1. The van der Waals surface area contributed by atoms with Gasteiger partial charge in [0.1, 0.15) is 18.2 Å². The number of ether oxygens (including phenoxy) is 1. The predicted octanol–water partition coefficient (Wildman–Crippen LogP) is 4.82. The summed E-state index contributed by atoms with van der Waals surface area (Å²) in [7, 11) is 0. The van der Waals surface area contributed by atoms with Crippen molar-refractivity contribution in [1.82, 2.24) is 5.32 Å². The summed E-state index contributed by atoms with van der Waals surface area (Å²) in [5, 5.41) is 4.00. The van der Waals surface area contributed by atoms with E-state index in [4.69, 9.17) is 27.9 Å². The van der Waals surface area contributed by atoms with Gasteiger partial charge in [-0.05, 0) is 42.4 Å². The van der Waals surface area contributed by atoms with Crippen molar-refractivity contribution >= 4 is 23.2 Å². The van der Waals surface area contributed by atoms with E-state index in [-0.39, 0.29) is 11.6 Å². The van der Waals surface area contributed by atoms with Crippen LogP contribution in [0.2, 0.25) is 10.0 Å². The SMILES string of the molecule is CCNCc1cc(Cl)ccc1OCc1ccc(Cl)c(F)c1. The van der Waals surface area contributed by atoms with Gasteiger partial charge in [0.2, 0.25) is 0 Å². The van der Waals surface area contributed by atoms with E-state index in [1.54, 1.807) is 12.1 Å². The molecule has 0 spiro atoms. The second-order valence-corrected chi connectivity index (χ2v) is 5.41. The standard InChI is InChI=1S/C16H16Cl2FNO/c1-2-20-9-12-8-13(17)4-6-16(12)21-10-11-3-5-14(18)15(19)7-11/h3-8,20H,2,9-10H2,1H3. The smallest absolute Gasteiger partial charge is 0.142 e. The highest BCUT2D eigenvalue weighted by Crippen LogP contribution is 2.24. The Morgan fingerprint density at radius 1 is 1.14 bits per heavy atom. The van der Waals surface area contributed by atoms with Gasteiger partial charge in [-0.25, -0.2) is 4.39 Å². The Labute approximate surface area is 133 Å². The Bertz CT molecular complexity index is 619. The van der Waals surface area contributed by atoms with Gasteiger partial charge in [0.25, 0.3) is 0 Å². The summed E-state index contributed by atoms with van der Waals surface area (Å²) in [6, 6.07) is 10.1. The quantitative estimate of drug-likeness (QED) is 0.821. The molecule has 2 aromatic carbocycles. The van der Waals surface area contributed by atoms with Crippen LogP contribution in [0.25, 0.3) is 0 Å². The molecule has 0 fully saturated rings. The van der Waals surface area contributed by atoms with E-state index in [1.165, 1.54) is 12.1 Å². The molecular formula is C16H16Cl2FNO. The average Bonchev–Trinajstić information content (AvgIpc) is 2.47. The molecule has 5 heteroatoms. The van der Waals surface area contributed by atoms with Crippen molar-refractivity contribution in [1.29, 1.82) is 0 Å². The third-order valence-corrected chi connectivity index (χ3v) is 3.51. The minimum atomic E-state index is -0.443. The molecule has 2 aromatic rings. The first-order chi connectivity index (χ1) is 10.1. The minimum Gasteiger partial charge on any atom is -0.489 e. The number of hydrogen-bond donors (Lipinski definition) is 1. The van der Waals surface area contributed by atoms with Gasteiger partial charge in [-0.1, -0.05) is 36.2 Å². The van der Waals surface area contributed by atoms with Crippen LogP contribution in [-0.4, -0.2) is 6.54 Å². The van der Waals surface area contributed by atoms with Gasteiger partial charge in [0, 0.05) is 17.1 Å². The highest BCUT2D eigenvalue weighted by atomic mass is 35.5. The molecule has 0 aliphatic carbocycles. The van der Waals surface area contributed by atoms with Crippen molar-refractivity contribution in [2.75, 3.05) is 6.54 Å². The number of halogens is 3. The van der Waals surface area contributed by atoms with E-state index in [0.29, 0.717) is 11.6 Å². The molecule has 0 aliphatic rings. The molecule has 2 rings (SSSR count). The van der Waals surface area contributed by atoms with Gasteiger partial charge in [0.05, 0.1) is 5.02 Å². The molecule has 0 saturated carbocycles. The lowest BCUT2D eigenvalue weighted by Crippen LogP contribution is -2.13. The van der Waals surface area contributed by atoms with Crippen LogP contribution in [0.3, 0.4) is 0 Å². The van der Waals surface area contributed by atoms with E-state index in [9.17, 15) is 4.39 Å². The van der Waals surface area contributed by atoms with Crippen LogP contribution in [0, 0.1) is 5.82 Å². The zero-order valence-corrected chi connectivity index (χ0v) is 13.1. The molecular weight excluding hydrogens is 312 g/mol. The summed E-state index contributed by atoms with van der Waals surface area (Å²) in [5.41, 5.74) is 1.69. The Kier molecular flexibility index (Phi) is 5.85. The first-order valence-corrected chi connectivity index (χ1v) is 7.41. The highest BCUT2D eigenvalue weighted by Gasteiger charge is 2.06. The Morgan fingerprint density at radius 2 is 1.95 bits per heavy atom. The van der Waals surface area contributed by atoms with Crippen LogP contribution in [0.5, 0.6) is 5.75 Å². The van der Waals surface area contributed by atoms with E-state index < -0.39 is 5.82 Å². The van der Waals surface area contributed by atoms with E-state index >= 15 is 0 Å². The van der Waals surface area contributed by atoms with Crippen molar-refractivity contribution < 1.29 is 9.13 Å². The van der Waals surface area contributed by atoms with Gasteiger partial charge in [0.15, 0.2) is 0 Å². The van der Waals surface area contributed by atoms with Crippen LogP contribution in [0.4, 0.5) is 4.39 Å². The van der Waals surface area contributed by atoms with Crippen molar-refractivity contribution in [2.24, 2.45) is 0 Å². The summed E-state index contributed by atoms with van der Waals surface area (Å²) >= 11 is 11.7. The Balaban J connectivity index is 2.09. The molecule has 0 saturated heterocycles. The third-order valence-electron chi connectivity index (χ3n) is 2.97. The molecule has 0 bridgehead atoms. The fourth-order valence-corrected chi connectivity index (χ4v) is 2.19. The Morgan fingerprint density at radius 3 is 2.67 bits per heavy atom. The van der Waals surface area contributed by atoms with Gasteiger partial charge in [-0.3, -0.25) is 0 Å². The van der Waals surface area contributed by atoms with Gasteiger partial charge in [-0.15, -0.1) is 0 Å². The van der Waals surface area contributed by atoms with Crippen molar-refractivity contribution in [3.63, 3.8) is 0 Å². The molecule has 21 heavy (non-hydrogen) atoms. The Hall–Kier alpha value is -1.29. The topological polar surface area (TPSA) is 21.3 Å². The summed E-state index contributed by atoms with van der Waals surface area (Å²) < 4.78 is 19.2. The van der Waals surface area contributed by atoms with Crippen molar-refractivity contribution in [3.8, 4) is 5.75 Å². The van der Waals surface area contributed by atoms with Crippen LogP contribution >= 0.6 is 23.2 Å². The molecule has 1 N–H and O–H groups in total. The lowest BCUT2D eigenvalue weighted by atomic mass is 10.2. The molecule has 2 nitrogen and oxygen atoms in total. The molecule has 112 valence electrons. The lowest BCUT2D eigenvalue weighted by molar-refractivity contribution is 0.301. The van der Waals surface area contributed by atoms with Gasteiger partial charge in [-0.2, -0.15) is 0 Å². The predicted molar refractivity (Wildman–Crippen MR) is 84.6 cm³/mol. The first kappa shape index (κ1) is 16.1. The number of rotatable bonds is 6. The van der Waals surface area contributed by atoms with Crippen LogP contribution in [-0.2, 0) is 13.2 Å². The zero-order valence-electron chi connectivity index (χ0n) is 11.6. The second kappa shape index (κ2) is 7.64. The van der Waals surface area contributed by atoms with E-state index in [1.807, 2.05) is 19.1 Å². The number of benzene rings is 2. The van der Waals surface area contributed by atoms with Gasteiger partial charge < -0.3 is 10.1 Å².